The molecule has 0 saturated carbocycles. The SMILES string of the molecule is CCCCOC(=O)CC(C)(O)C(C)=CC1C(C)=CCCC1(C)C. The number of carbonyl (C=O) groups excluding carboxylic acids is 1. The molecule has 0 fully saturated rings. The first-order valence-electron chi connectivity index (χ1n) is 8.83. The molecule has 0 aliphatic heterocycles. The Hall–Kier alpha value is -1.09. The minimum absolute atomic E-state index is 0.00889. The zero-order valence-corrected chi connectivity index (χ0v) is 15.7. The Kier molecular flexibility index (Phi) is 7.06. The van der Waals surface area contributed by atoms with Gasteiger partial charge >= 0.3 is 5.97 Å². The molecule has 0 aromatic carbocycles. The molecule has 0 aromatic rings. The largest absolute Gasteiger partial charge is 0.466 e. The number of allylic oxidation sites excluding steroid dienone is 3. The molecular formula is C20H34O3. The van der Waals surface area contributed by atoms with Crippen LogP contribution in [-0.4, -0.2) is 23.3 Å². The Labute approximate surface area is 141 Å². The topological polar surface area (TPSA) is 46.5 Å². The summed E-state index contributed by atoms with van der Waals surface area (Å²) in [7, 11) is 0. The molecule has 132 valence electrons. The van der Waals surface area contributed by atoms with Crippen molar-refractivity contribution in [3.8, 4) is 0 Å². The Morgan fingerprint density at radius 2 is 2.17 bits per heavy atom. The molecule has 2 unspecified atom stereocenters. The van der Waals surface area contributed by atoms with Gasteiger partial charge in [-0.2, -0.15) is 0 Å². The smallest absolute Gasteiger partial charge is 0.309 e. The van der Waals surface area contributed by atoms with Crippen molar-refractivity contribution in [2.45, 2.75) is 79.2 Å². The van der Waals surface area contributed by atoms with Crippen molar-refractivity contribution in [1.82, 2.24) is 0 Å². The van der Waals surface area contributed by atoms with Crippen LogP contribution < -0.4 is 0 Å². The van der Waals surface area contributed by atoms with Gasteiger partial charge < -0.3 is 9.84 Å². The van der Waals surface area contributed by atoms with E-state index in [1.807, 2.05) is 6.92 Å². The van der Waals surface area contributed by atoms with Crippen molar-refractivity contribution in [2.75, 3.05) is 6.61 Å². The van der Waals surface area contributed by atoms with Gasteiger partial charge in [0.25, 0.3) is 0 Å². The highest BCUT2D eigenvalue weighted by Crippen LogP contribution is 2.42. The Balaban J connectivity index is 2.80. The Morgan fingerprint density at radius 3 is 2.74 bits per heavy atom. The second-order valence-electron chi connectivity index (χ2n) is 7.83. The number of carbonyl (C=O) groups is 1. The van der Waals surface area contributed by atoms with Crippen LogP contribution in [0.4, 0.5) is 0 Å². The molecule has 0 saturated heterocycles. The molecule has 0 aromatic heterocycles. The molecule has 0 radical (unpaired) electrons. The van der Waals surface area contributed by atoms with E-state index in [-0.39, 0.29) is 17.8 Å². The van der Waals surface area contributed by atoms with E-state index >= 15 is 0 Å². The standard InChI is InChI=1S/C20H34O3/c1-7-8-12-23-18(21)14-20(6,22)16(3)13-17-15(2)10-9-11-19(17,4)5/h10,13,17,22H,7-9,11-12,14H2,1-6H3. The Bertz CT molecular complexity index is 469. The third kappa shape index (κ3) is 5.80. The summed E-state index contributed by atoms with van der Waals surface area (Å²) >= 11 is 0. The molecule has 0 heterocycles. The normalized spacial score (nSPS) is 23.9. The molecule has 0 amide bonds. The highest BCUT2D eigenvalue weighted by molar-refractivity contribution is 5.71. The average molecular weight is 322 g/mol. The quantitative estimate of drug-likeness (QED) is 0.416. The predicted molar refractivity (Wildman–Crippen MR) is 95.1 cm³/mol. The lowest BCUT2D eigenvalue weighted by molar-refractivity contribution is -0.147. The third-order valence-electron chi connectivity index (χ3n) is 5.10. The lowest BCUT2D eigenvalue weighted by atomic mass is 9.67. The molecule has 1 aliphatic carbocycles. The summed E-state index contributed by atoms with van der Waals surface area (Å²) in [6.45, 7) is 12.8. The molecule has 1 rings (SSSR count). The maximum atomic E-state index is 11.9. The summed E-state index contributed by atoms with van der Waals surface area (Å²) in [5, 5.41) is 10.7. The fourth-order valence-corrected chi connectivity index (χ4v) is 3.16. The number of esters is 1. The van der Waals surface area contributed by atoms with Gasteiger partial charge in [-0.05, 0) is 51.0 Å². The minimum atomic E-state index is -1.16. The first-order chi connectivity index (χ1) is 10.6. The van der Waals surface area contributed by atoms with Gasteiger partial charge in [0.1, 0.15) is 0 Å². The second kappa shape index (κ2) is 8.14. The zero-order chi connectivity index (χ0) is 17.7. The lowest BCUT2D eigenvalue weighted by Crippen LogP contribution is -2.33. The summed E-state index contributed by atoms with van der Waals surface area (Å²) < 4.78 is 5.18. The number of hydrogen-bond donors (Lipinski definition) is 1. The molecule has 3 heteroatoms. The predicted octanol–water partition coefficient (Wildman–Crippen LogP) is 4.80. The lowest BCUT2D eigenvalue weighted by Gasteiger charge is -2.38. The number of aliphatic hydroxyl groups is 1. The second-order valence-corrected chi connectivity index (χ2v) is 7.83. The van der Waals surface area contributed by atoms with Crippen LogP contribution in [0.25, 0.3) is 0 Å². The van der Waals surface area contributed by atoms with Crippen LogP contribution in [0.5, 0.6) is 0 Å². The molecular weight excluding hydrogens is 288 g/mol. The summed E-state index contributed by atoms with van der Waals surface area (Å²) in [4.78, 5) is 11.9. The molecule has 1 N–H and O–H groups in total. The summed E-state index contributed by atoms with van der Waals surface area (Å²) in [5.41, 5.74) is 1.22. The fraction of sp³-hybridized carbons (Fsp3) is 0.750. The van der Waals surface area contributed by atoms with Crippen LogP contribution in [0.2, 0.25) is 0 Å². The zero-order valence-electron chi connectivity index (χ0n) is 15.7. The van der Waals surface area contributed by atoms with Crippen molar-refractivity contribution in [2.24, 2.45) is 11.3 Å². The maximum absolute atomic E-state index is 11.9. The van der Waals surface area contributed by atoms with E-state index < -0.39 is 5.60 Å². The van der Waals surface area contributed by atoms with Crippen molar-refractivity contribution in [3.05, 3.63) is 23.3 Å². The van der Waals surface area contributed by atoms with E-state index in [4.69, 9.17) is 4.74 Å². The van der Waals surface area contributed by atoms with Gasteiger partial charge in [-0.3, -0.25) is 4.79 Å². The van der Waals surface area contributed by atoms with E-state index in [1.165, 1.54) is 5.57 Å². The van der Waals surface area contributed by atoms with Gasteiger partial charge in [-0.25, -0.2) is 0 Å². The van der Waals surface area contributed by atoms with Gasteiger partial charge in [-0.1, -0.05) is 44.9 Å². The van der Waals surface area contributed by atoms with Crippen molar-refractivity contribution >= 4 is 5.97 Å². The minimum Gasteiger partial charge on any atom is -0.466 e. The number of unbranched alkanes of at least 4 members (excludes halogenated alkanes) is 1. The molecule has 2 atom stereocenters. The van der Waals surface area contributed by atoms with Crippen LogP contribution >= 0.6 is 0 Å². The number of ether oxygens (including phenoxy) is 1. The van der Waals surface area contributed by atoms with E-state index in [0.717, 1.165) is 31.3 Å². The van der Waals surface area contributed by atoms with E-state index in [1.54, 1.807) is 6.92 Å². The van der Waals surface area contributed by atoms with E-state index in [2.05, 4.69) is 39.8 Å². The maximum Gasteiger partial charge on any atom is 0.309 e. The molecule has 3 nitrogen and oxygen atoms in total. The number of rotatable bonds is 7. The highest BCUT2D eigenvalue weighted by Gasteiger charge is 2.34. The van der Waals surface area contributed by atoms with Gasteiger partial charge in [-0.15, -0.1) is 0 Å². The van der Waals surface area contributed by atoms with Crippen LogP contribution in [0, 0.1) is 11.3 Å². The summed E-state index contributed by atoms with van der Waals surface area (Å²) in [5.74, 6) is -0.0230. The van der Waals surface area contributed by atoms with Crippen LogP contribution in [0.1, 0.15) is 73.6 Å². The molecule has 23 heavy (non-hydrogen) atoms. The monoisotopic (exact) mass is 322 g/mol. The van der Waals surface area contributed by atoms with E-state index in [9.17, 15) is 9.90 Å². The highest BCUT2D eigenvalue weighted by atomic mass is 16.5. The summed E-state index contributed by atoms with van der Waals surface area (Å²) in [6.07, 6.45) is 8.54. The van der Waals surface area contributed by atoms with Gasteiger partial charge in [0.15, 0.2) is 0 Å². The van der Waals surface area contributed by atoms with Crippen molar-refractivity contribution < 1.29 is 14.6 Å². The summed E-state index contributed by atoms with van der Waals surface area (Å²) in [6, 6.07) is 0. The average Bonchev–Trinajstić information content (AvgIpc) is 2.42. The molecule has 0 bridgehead atoms. The van der Waals surface area contributed by atoms with Gasteiger partial charge in [0.2, 0.25) is 0 Å². The Morgan fingerprint density at radius 1 is 1.52 bits per heavy atom. The first kappa shape index (κ1) is 20.0. The van der Waals surface area contributed by atoms with Crippen LogP contribution in [0.3, 0.4) is 0 Å². The fourth-order valence-electron chi connectivity index (χ4n) is 3.16. The van der Waals surface area contributed by atoms with Crippen LogP contribution in [-0.2, 0) is 9.53 Å². The van der Waals surface area contributed by atoms with Crippen molar-refractivity contribution in [3.63, 3.8) is 0 Å². The van der Waals surface area contributed by atoms with Crippen LogP contribution in [0.15, 0.2) is 23.3 Å². The van der Waals surface area contributed by atoms with Gasteiger partial charge in [0.05, 0.1) is 18.6 Å². The molecule has 0 spiro atoms. The van der Waals surface area contributed by atoms with Gasteiger partial charge in [0, 0.05) is 5.92 Å². The van der Waals surface area contributed by atoms with Crippen molar-refractivity contribution in [1.29, 1.82) is 0 Å². The third-order valence-corrected chi connectivity index (χ3v) is 5.10. The van der Waals surface area contributed by atoms with E-state index in [0.29, 0.717) is 12.5 Å². The number of hydrogen-bond acceptors (Lipinski definition) is 3. The first-order valence-corrected chi connectivity index (χ1v) is 8.83. The molecule has 1 aliphatic rings.